The second-order valence-electron chi connectivity index (χ2n) is 8.09. The molecule has 25 heavy (non-hydrogen) atoms. The number of likely N-dealkylation sites (N-methyl/N-ethyl adjacent to an activating group) is 1. The predicted molar refractivity (Wildman–Crippen MR) is 110 cm³/mol. The number of hydrogen-bond acceptors (Lipinski definition) is 2. The van der Waals surface area contributed by atoms with Crippen molar-refractivity contribution in [2.75, 3.05) is 27.2 Å². The van der Waals surface area contributed by atoms with Crippen molar-refractivity contribution in [3.63, 3.8) is 0 Å². The van der Waals surface area contributed by atoms with Crippen molar-refractivity contribution in [2.45, 2.75) is 103 Å². The summed E-state index contributed by atoms with van der Waals surface area (Å²) in [6.07, 6.45) is 19.4. The standard InChI is InChI=1S/C22H46NO2/c1-5-7-8-9-10-11-12-13-14-15-16-17-18-19-22(25)21(20-24)23(3,4)6-2/h18-19,21-22,24-25H,5-17,20H2,1-4H3/q+1/b19-18+/t21-,22+/m0/s1. The molecule has 2 atom stereocenters. The highest BCUT2D eigenvalue weighted by Gasteiger charge is 2.31. The highest BCUT2D eigenvalue weighted by molar-refractivity contribution is 4.92. The minimum atomic E-state index is -0.562. The average Bonchev–Trinajstić information content (AvgIpc) is 2.59. The normalized spacial score (nSPS) is 15.0. The second kappa shape index (κ2) is 15.8. The summed E-state index contributed by atoms with van der Waals surface area (Å²) in [7, 11) is 4.11. The lowest BCUT2D eigenvalue weighted by Gasteiger charge is -2.37. The third-order valence-electron chi connectivity index (χ3n) is 5.60. The number of quaternary nitrogens is 1. The summed E-state index contributed by atoms with van der Waals surface area (Å²) in [6.45, 7) is 5.27. The molecule has 0 aliphatic heterocycles. The fourth-order valence-electron chi connectivity index (χ4n) is 3.27. The molecule has 0 heterocycles. The quantitative estimate of drug-likeness (QED) is 0.217. The van der Waals surface area contributed by atoms with Crippen LogP contribution in [0.4, 0.5) is 0 Å². The Morgan fingerprint density at radius 1 is 0.800 bits per heavy atom. The Kier molecular flexibility index (Phi) is 15.6. The first-order chi connectivity index (χ1) is 12.0. The molecular weight excluding hydrogens is 310 g/mol. The molecule has 0 aromatic rings. The molecule has 0 bridgehead atoms. The van der Waals surface area contributed by atoms with E-state index >= 15 is 0 Å². The molecule has 3 nitrogen and oxygen atoms in total. The van der Waals surface area contributed by atoms with Gasteiger partial charge in [0, 0.05) is 0 Å². The van der Waals surface area contributed by atoms with Gasteiger partial charge in [-0.3, -0.25) is 0 Å². The van der Waals surface area contributed by atoms with Crippen LogP contribution in [0.3, 0.4) is 0 Å². The minimum Gasteiger partial charge on any atom is -0.390 e. The van der Waals surface area contributed by atoms with Crippen molar-refractivity contribution in [1.82, 2.24) is 0 Å². The average molecular weight is 357 g/mol. The molecule has 0 amide bonds. The van der Waals surface area contributed by atoms with Gasteiger partial charge in [-0.1, -0.05) is 83.3 Å². The van der Waals surface area contributed by atoms with Gasteiger partial charge >= 0.3 is 0 Å². The van der Waals surface area contributed by atoms with E-state index in [0.29, 0.717) is 4.48 Å². The van der Waals surface area contributed by atoms with Crippen LogP contribution in [0.5, 0.6) is 0 Å². The third-order valence-corrected chi connectivity index (χ3v) is 5.60. The summed E-state index contributed by atoms with van der Waals surface area (Å²) >= 11 is 0. The number of aliphatic hydroxyl groups excluding tert-OH is 2. The van der Waals surface area contributed by atoms with Gasteiger partial charge in [-0.25, -0.2) is 0 Å². The van der Waals surface area contributed by atoms with Crippen LogP contribution >= 0.6 is 0 Å². The topological polar surface area (TPSA) is 40.5 Å². The second-order valence-corrected chi connectivity index (χ2v) is 8.09. The van der Waals surface area contributed by atoms with Crippen LogP contribution in [0.15, 0.2) is 12.2 Å². The molecule has 0 saturated carbocycles. The van der Waals surface area contributed by atoms with Gasteiger partial charge in [0.2, 0.25) is 0 Å². The van der Waals surface area contributed by atoms with Crippen LogP contribution in [-0.2, 0) is 0 Å². The molecule has 0 aliphatic rings. The highest BCUT2D eigenvalue weighted by Crippen LogP contribution is 2.14. The zero-order chi connectivity index (χ0) is 19.0. The van der Waals surface area contributed by atoms with Crippen LogP contribution in [0.25, 0.3) is 0 Å². The monoisotopic (exact) mass is 356 g/mol. The Morgan fingerprint density at radius 2 is 1.28 bits per heavy atom. The Bertz CT molecular complexity index is 315. The van der Waals surface area contributed by atoms with Gasteiger partial charge in [0.05, 0.1) is 27.2 Å². The first kappa shape index (κ1) is 24.6. The SMILES string of the molecule is CCCCCCCCCCCCC/C=C/[C@@H](O)[C@H](CO)[N+](C)(C)CC. The Morgan fingerprint density at radius 3 is 1.72 bits per heavy atom. The van der Waals surface area contributed by atoms with E-state index in [1.165, 1.54) is 70.6 Å². The van der Waals surface area contributed by atoms with Gasteiger partial charge in [-0.15, -0.1) is 0 Å². The number of allylic oxidation sites excluding steroid dienone is 1. The number of nitrogens with zero attached hydrogens (tertiary/aromatic N) is 1. The smallest absolute Gasteiger partial charge is 0.142 e. The first-order valence-corrected chi connectivity index (χ1v) is 10.8. The summed E-state index contributed by atoms with van der Waals surface area (Å²) in [5.41, 5.74) is 0. The van der Waals surface area contributed by atoms with E-state index in [2.05, 4.69) is 34.0 Å². The molecule has 0 fully saturated rings. The molecule has 150 valence electrons. The van der Waals surface area contributed by atoms with Gasteiger partial charge in [-0.2, -0.15) is 0 Å². The van der Waals surface area contributed by atoms with E-state index in [9.17, 15) is 10.2 Å². The van der Waals surface area contributed by atoms with Gasteiger partial charge in [0.1, 0.15) is 12.1 Å². The van der Waals surface area contributed by atoms with Gasteiger partial charge < -0.3 is 14.7 Å². The third kappa shape index (κ3) is 12.6. The van der Waals surface area contributed by atoms with E-state index in [1.54, 1.807) is 0 Å². The van der Waals surface area contributed by atoms with E-state index in [0.717, 1.165) is 13.0 Å². The largest absolute Gasteiger partial charge is 0.390 e. The van der Waals surface area contributed by atoms with Crippen LogP contribution in [0.2, 0.25) is 0 Å². The maximum absolute atomic E-state index is 10.3. The number of rotatable bonds is 17. The maximum Gasteiger partial charge on any atom is 0.142 e. The van der Waals surface area contributed by atoms with Crippen molar-refractivity contribution in [3.05, 3.63) is 12.2 Å². The fourth-order valence-corrected chi connectivity index (χ4v) is 3.27. The Hall–Kier alpha value is -0.380. The van der Waals surface area contributed by atoms with Crippen molar-refractivity contribution < 1.29 is 14.7 Å². The molecule has 0 spiro atoms. The molecule has 0 radical (unpaired) electrons. The molecule has 0 rings (SSSR count). The number of hydrogen-bond donors (Lipinski definition) is 2. The van der Waals surface area contributed by atoms with Gasteiger partial charge in [0.25, 0.3) is 0 Å². The number of unbranched alkanes of at least 4 members (excludes halogenated alkanes) is 11. The summed E-state index contributed by atoms with van der Waals surface area (Å²) < 4.78 is 0.639. The summed E-state index contributed by atoms with van der Waals surface area (Å²) in [5.74, 6) is 0. The van der Waals surface area contributed by atoms with Crippen molar-refractivity contribution in [1.29, 1.82) is 0 Å². The van der Waals surface area contributed by atoms with Crippen molar-refractivity contribution in [3.8, 4) is 0 Å². The van der Waals surface area contributed by atoms with Crippen LogP contribution in [0, 0.1) is 0 Å². The molecule has 0 unspecified atom stereocenters. The molecule has 0 aromatic carbocycles. The van der Waals surface area contributed by atoms with Crippen LogP contribution in [-0.4, -0.2) is 54.1 Å². The molecule has 3 heteroatoms. The van der Waals surface area contributed by atoms with E-state index in [1.807, 2.05) is 6.08 Å². The van der Waals surface area contributed by atoms with Crippen LogP contribution < -0.4 is 0 Å². The minimum absolute atomic E-state index is 0.0186. The maximum atomic E-state index is 10.3. The Labute approximate surface area is 157 Å². The zero-order valence-electron chi connectivity index (χ0n) is 17.6. The summed E-state index contributed by atoms with van der Waals surface area (Å²) in [5, 5.41) is 19.8. The predicted octanol–water partition coefficient (Wildman–Crippen LogP) is 5.06. The summed E-state index contributed by atoms with van der Waals surface area (Å²) in [6, 6.07) is -0.140. The van der Waals surface area contributed by atoms with Crippen LogP contribution in [0.1, 0.15) is 90.9 Å². The molecule has 2 N–H and O–H groups in total. The van der Waals surface area contributed by atoms with Crippen molar-refractivity contribution in [2.24, 2.45) is 0 Å². The lowest BCUT2D eigenvalue weighted by atomic mass is 10.0. The molecule has 0 aliphatic carbocycles. The van der Waals surface area contributed by atoms with E-state index in [-0.39, 0.29) is 12.6 Å². The highest BCUT2D eigenvalue weighted by atomic mass is 16.3. The van der Waals surface area contributed by atoms with Crippen molar-refractivity contribution >= 4 is 0 Å². The number of aliphatic hydroxyl groups is 2. The molecular formula is C22H46NO2+. The summed E-state index contributed by atoms with van der Waals surface area (Å²) in [4.78, 5) is 0. The van der Waals surface area contributed by atoms with Gasteiger partial charge in [-0.05, 0) is 19.8 Å². The fraction of sp³-hybridized carbons (Fsp3) is 0.909. The van der Waals surface area contributed by atoms with E-state index < -0.39 is 6.10 Å². The van der Waals surface area contributed by atoms with Gasteiger partial charge in [0.15, 0.2) is 0 Å². The lowest BCUT2D eigenvalue weighted by molar-refractivity contribution is -0.916. The first-order valence-electron chi connectivity index (χ1n) is 10.8. The molecule has 0 aromatic heterocycles. The zero-order valence-corrected chi connectivity index (χ0v) is 17.6. The lowest BCUT2D eigenvalue weighted by Crippen LogP contribution is -2.55. The van der Waals surface area contributed by atoms with E-state index in [4.69, 9.17) is 0 Å². The molecule has 0 saturated heterocycles. The Balaban J connectivity index is 3.62.